The van der Waals surface area contributed by atoms with Gasteiger partial charge in [0.2, 0.25) is 0 Å². The molecule has 1 aromatic carbocycles. The Morgan fingerprint density at radius 1 is 1.00 bits per heavy atom. The lowest BCUT2D eigenvalue weighted by molar-refractivity contribution is -0.143. The summed E-state index contributed by atoms with van der Waals surface area (Å²) in [7, 11) is 0. The van der Waals surface area contributed by atoms with Crippen LogP contribution in [0, 0.1) is 5.92 Å². The van der Waals surface area contributed by atoms with E-state index in [0.717, 1.165) is 32.1 Å². The molecule has 2 N–H and O–H groups in total. The van der Waals surface area contributed by atoms with E-state index in [9.17, 15) is 31.1 Å². The minimum Gasteiger partial charge on any atom is -0.352 e. The van der Waals surface area contributed by atoms with Crippen molar-refractivity contribution in [3.05, 3.63) is 28.8 Å². The zero-order chi connectivity index (χ0) is 22.8. The monoisotopic (exact) mass is 468 g/mol. The standard InChI is InChI=1S/C21H26F6N2OS/c1-31-17-10-13(20(22,23)24)9-15(21(25,26)27)18(17)19(30)28-11-12-5-4-8-16(12)29-14-6-2-3-7-14/h9-10,12,14,16,29H,2-8,11H2,1H3,(H,28,30)/t12?,16-/m1/s1. The first-order valence-corrected chi connectivity index (χ1v) is 11.6. The number of alkyl halides is 6. The van der Waals surface area contributed by atoms with E-state index in [-0.39, 0.29) is 29.5 Å². The van der Waals surface area contributed by atoms with Crippen molar-refractivity contribution in [1.82, 2.24) is 10.6 Å². The Bertz CT molecular complexity index is 789. The van der Waals surface area contributed by atoms with Gasteiger partial charge in [-0.05, 0) is 50.0 Å². The van der Waals surface area contributed by atoms with Crippen LogP contribution < -0.4 is 10.6 Å². The van der Waals surface area contributed by atoms with E-state index in [1.165, 1.54) is 19.1 Å². The molecule has 0 aliphatic heterocycles. The predicted octanol–water partition coefficient (Wildman–Crippen LogP) is 5.88. The van der Waals surface area contributed by atoms with Gasteiger partial charge < -0.3 is 10.6 Å². The summed E-state index contributed by atoms with van der Waals surface area (Å²) >= 11 is 0.691. The lowest BCUT2D eigenvalue weighted by Crippen LogP contribution is -2.43. The molecule has 2 saturated carbocycles. The van der Waals surface area contributed by atoms with E-state index in [1.54, 1.807) is 0 Å². The summed E-state index contributed by atoms with van der Waals surface area (Å²) in [6.45, 7) is 0.190. The average Bonchev–Trinajstić information content (AvgIpc) is 3.36. The van der Waals surface area contributed by atoms with E-state index in [1.807, 2.05) is 0 Å². The predicted molar refractivity (Wildman–Crippen MR) is 107 cm³/mol. The highest BCUT2D eigenvalue weighted by atomic mass is 32.2. The SMILES string of the molecule is CSc1cc(C(F)(F)F)cc(C(F)(F)F)c1C(=O)NCC1CCC[C@H]1NC1CCCC1. The first-order valence-electron chi connectivity index (χ1n) is 10.4. The van der Waals surface area contributed by atoms with Crippen LogP contribution in [0.4, 0.5) is 26.3 Å². The molecule has 2 aliphatic carbocycles. The molecule has 0 radical (unpaired) electrons. The number of halogens is 6. The maximum atomic E-state index is 13.6. The Morgan fingerprint density at radius 3 is 2.26 bits per heavy atom. The van der Waals surface area contributed by atoms with E-state index in [2.05, 4.69) is 10.6 Å². The lowest BCUT2D eigenvalue weighted by atomic mass is 10.00. The van der Waals surface area contributed by atoms with Crippen LogP contribution in [0.3, 0.4) is 0 Å². The Hall–Kier alpha value is -1.42. The van der Waals surface area contributed by atoms with E-state index in [4.69, 9.17) is 0 Å². The zero-order valence-electron chi connectivity index (χ0n) is 17.1. The first-order chi connectivity index (χ1) is 14.5. The largest absolute Gasteiger partial charge is 0.417 e. The molecule has 2 fully saturated rings. The number of nitrogens with one attached hydrogen (secondary N) is 2. The summed E-state index contributed by atoms with van der Waals surface area (Å²) in [5.41, 5.74) is -3.72. The molecule has 3 nitrogen and oxygen atoms in total. The number of carbonyl (C=O) groups is 1. The van der Waals surface area contributed by atoms with E-state index in [0.29, 0.717) is 23.9 Å². The van der Waals surface area contributed by atoms with Gasteiger partial charge in [0.15, 0.2) is 0 Å². The highest BCUT2D eigenvalue weighted by Crippen LogP contribution is 2.41. The zero-order valence-corrected chi connectivity index (χ0v) is 17.9. The van der Waals surface area contributed by atoms with Crippen LogP contribution in [-0.4, -0.2) is 30.8 Å². The molecule has 0 saturated heterocycles. The van der Waals surface area contributed by atoms with Gasteiger partial charge in [-0.1, -0.05) is 19.3 Å². The van der Waals surface area contributed by atoms with Gasteiger partial charge in [0.05, 0.1) is 16.7 Å². The first kappa shape index (κ1) is 24.2. The maximum absolute atomic E-state index is 13.6. The number of thioether (sulfide) groups is 1. The summed E-state index contributed by atoms with van der Waals surface area (Å²) in [4.78, 5) is 12.4. The summed E-state index contributed by atoms with van der Waals surface area (Å²) < 4.78 is 79.9. The van der Waals surface area contributed by atoms with Gasteiger partial charge >= 0.3 is 12.4 Å². The van der Waals surface area contributed by atoms with Crippen LogP contribution in [0.15, 0.2) is 17.0 Å². The lowest BCUT2D eigenvalue weighted by Gasteiger charge is -2.25. The molecule has 2 aliphatic rings. The van der Waals surface area contributed by atoms with Crippen LogP contribution >= 0.6 is 11.8 Å². The number of hydrogen-bond donors (Lipinski definition) is 2. The Morgan fingerprint density at radius 2 is 1.68 bits per heavy atom. The Kier molecular flexibility index (Phi) is 7.50. The quantitative estimate of drug-likeness (QED) is 0.405. The summed E-state index contributed by atoms with van der Waals surface area (Å²) in [6, 6.07) is 1.26. The third-order valence-electron chi connectivity index (χ3n) is 6.17. The molecule has 174 valence electrons. The molecule has 2 atom stereocenters. The topological polar surface area (TPSA) is 41.1 Å². The van der Waals surface area contributed by atoms with Crippen molar-refractivity contribution in [3.8, 4) is 0 Å². The van der Waals surface area contributed by atoms with Crippen molar-refractivity contribution in [2.45, 2.75) is 74.3 Å². The third kappa shape index (κ3) is 5.88. The molecule has 1 amide bonds. The minimum atomic E-state index is -5.08. The maximum Gasteiger partial charge on any atom is 0.417 e. The summed E-state index contributed by atoms with van der Waals surface area (Å²) in [6.07, 6.45) is -1.35. The van der Waals surface area contributed by atoms with E-state index >= 15 is 0 Å². The average molecular weight is 469 g/mol. The number of benzene rings is 1. The van der Waals surface area contributed by atoms with Crippen LogP contribution in [0.25, 0.3) is 0 Å². The molecule has 31 heavy (non-hydrogen) atoms. The van der Waals surface area contributed by atoms with Gasteiger partial charge in [0, 0.05) is 23.5 Å². The fraction of sp³-hybridized carbons (Fsp3) is 0.667. The molecule has 0 bridgehead atoms. The van der Waals surface area contributed by atoms with Gasteiger partial charge in [0.25, 0.3) is 5.91 Å². The summed E-state index contributed by atoms with van der Waals surface area (Å²) in [5.74, 6) is -0.900. The number of carbonyl (C=O) groups excluding carboxylic acids is 1. The van der Waals surface area contributed by atoms with Crippen LogP contribution in [-0.2, 0) is 12.4 Å². The molecule has 3 rings (SSSR count). The van der Waals surface area contributed by atoms with Crippen molar-refractivity contribution in [1.29, 1.82) is 0 Å². The normalized spacial score (nSPS) is 22.8. The molecule has 10 heteroatoms. The van der Waals surface area contributed by atoms with Crippen molar-refractivity contribution in [2.75, 3.05) is 12.8 Å². The van der Waals surface area contributed by atoms with Crippen molar-refractivity contribution >= 4 is 17.7 Å². The fourth-order valence-electron chi connectivity index (χ4n) is 4.61. The Labute approximate surface area is 181 Å². The molecule has 1 aromatic rings. The second kappa shape index (κ2) is 9.60. The molecular formula is C21H26F6N2OS. The molecular weight excluding hydrogens is 442 g/mol. The minimum absolute atomic E-state index is 0.0225. The Balaban J connectivity index is 1.78. The van der Waals surface area contributed by atoms with Gasteiger partial charge in [-0.15, -0.1) is 11.8 Å². The van der Waals surface area contributed by atoms with E-state index < -0.39 is 35.0 Å². The molecule has 0 aromatic heterocycles. The highest BCUT2D eigenvalue weighted by Gasteiger charge is 2.41. The molecule has 0 spiro atoms. The second-order valence-corrected chi connectivity index (χ2v) is 9.10. The van der Waals surface area contributed by atoms with Crippen molar-refractivity contribution < 1.29 is 31.1 Å². The smallest absolute Gasteiger partial charge is 0.352 e. The van der Waals surface area contributed by atoms with Crippen molar-refractivity contribution in [3.63, 3.8) is 0 Å². The van der Waals surface area contributed by atoms with Crippen LogP contribution in [0.5, 0.6) is 0 Å². The van der Waals surface area contributed by atoms with Crippen LogP contribution in [0.2, 0.25) is 0 Å². The van der Waals surface area contributed by atoms with Crippen LogP contribution in [0.1, 0.15) is 66.4 Å². The van der Waals surface area contributed by atoms with Crippen molar-refractivity contribution in [2.24, 2.45) is 5.92 Å². The van der Waals surface area contributed by atoms with Gasteiger partial charge in [-0.25, -0.2) is 0 Å². The third-order valence-corrected chi connectivity index (χ3v) is 6.93. The van der Waals surface area contributed by atoms with Gasteiger partial charge in [-0.2, -0.15) is 26.3 Å². The number of rotatable bonds is 6. The highest BCUT2D eigenvalue weighted by molar-refractivity contribution is 7.98. The molecule has 0 heterocycles. The van der Waals surface area contributed by atoms with Gasteiger partial charge in [-0.3, -0.25) is 4.79 Å². The summed E-state index contributed by atoms with van der Waals surface area (Å²) in [5, 5.41) is 6.18. The second-order valence-electron chi connectivity index (χ2n) is 8.25. The van der Waals surface area contributed by atoms with Gasteiger partial charge in [0.1, 0.15) is 0 Å². The number of hydrogen-bond acceptors (Lipinski definition) is 3. The fourth-order valence-corrected chi connectivity index (χ4v) is 5.26. The molecule has 1 unspecified atom stereocenters. The number of amides is 1.